The van der Waals surface area contributed by atoms with Crippen LogP contribution in [0.25, 0.3) is 33.2 Å². The number of rotatable bonds is 4. The van der Waals surface area contributed by atoms with Crippen molar-refractivity contribution in [1.29, 1.82) is 0 Å². The zero-order valence-electron chi connectivity index (χ0n) is 23.8. The van der Waals surface area contributed by atoms with E-state index in [2.05, 4.69) is 64.1 Å². The van der Waals surface area contributed by atoms with Crippen LogP contribution >= 0.6 is 0 Å². The van der Waals surface area contributed by atoms with E-state index in [1.165, 1.54) is 44.6 Å². The molecule has 4 aromatic rings. The molecule has 2 N–H and O–H groups in total. The second-order valence-electron chi connectivity index (χ2n) is 12.2. The number of nitrogens with one attached hydrogen (secondary N) is 1. The lowest BCUT2D eigenvalue weighted by atomic mass is 9.64. The van der Waals surface area contributed by atoms with Crippen molar-refractivity contribution < 1.29 is 17.8 Å². The van der Waals surface area contributed by atoms with Crippen LogP contribution in [-0.4, -0.2) is 19.3 Å². The molecule has 0 unspecified atom stereocenters. The van der Waals surface area contributed by atoms with Crippen LogP contribution < -0.4 is 4.72 Å². The fraction of sp³-hybridized carbons (Fsp3) is 0.229. The van der Waals surface area contributed by atoms with Gasteiger partial charge in [0, 0.05) is 11.8 Å². The van der Waals surface area contributed by atoms with E-state index < -0.39 is 10.3 Å². The number of fused-ring (bicyclic) bond motifs is 5. The van der Waals surface area contributed by atoms with E-state index >= 15 is 0 Å². The Morgan fingerprint density at radius 3 is 2.24 bits per heavy atom. The summed E-state index contributed by atoms with van der Waals surface area (Å²) in [6, 6.07) is 24.2. The van der Waals surface area contributed by atoms with E-state index in [1.54, 1.807) is 6.08 Å². The van der Waals surface area contributed by atoms with Crippen LogP contribution in [0.2, 0.25) is 0 Å². The van der Waals surface area contributed by atoms with E-state index in [1.807, 2.05) is 53.3 Å². The van der Waals surface area contributed by atoms with E-state index in [0.29, 0.717) is 0 Å². The van der Waals surface area contributed by atoms with Crippen molar-refractivity contribution in [2.75, 3.05) is 0 Å². The highest BCUT2D eigenvalue weighted by molar-refractivity contribution is 7.83. The van der Waals surface area contributed by atoms with Gasteiger partial charge in [-0.25, -0.2) is 0 Å². The maximum Gasteiger partial charge on any atom is 0.357 e. The normalized spacial score (nSPS) is 17.1. The van der Waals surface area contributed by atoms with Crippen molar-refractivity contribution in [3.8, 4) is 0 Å². The average molecular weight is 566 g/mol. The van der Waals surface area contributed by atoms with Gasteiger partial charge in [0.15, 0.2) is 0 Å². The lowest BCUT2D eigenvalue weighted by Gasteiger charge is -2.40. The predicted molar refractivity (Wildman–Crippen MR) is 169 cm³/mol. The summed E-state index contributed by atoms with van der Waals surface area (Å²) in [5, 5.41) is 4.64. The van der Waals surface area contributed by atoms with Gasteiger partial charge in [0.1, 0.15) is 6.29 Å². The number of benzene rings is 4. The number of carbonyl (C=O) groups excluding carboxylic acids is 1. The molecule has 6 rings (SSSR count). The second kappa shape index (κ2) is 10.8. The van der Waals surface area contributed by atoms with Gasteiger partial charge in [-0.3, -0.25) is 14.1 Å². The third-order valence-electron chi connectivity index (χ3n) is 7.82. The molecule has 0 aromatic heterocycles. The molecule has 0 atom stereocenters. The van der Waals surface area contributed by atoms with Crippen molar-refractivity contribution in [3.63, 3.8) is 0 Å². The van der Waals surface area contributed by atoms with Gasteiger partial charge in [-0.2, -0.15) is 8.42 Å². The van der Waals surface area contributed by atoms with Crippen LogP contribution in [0.5, 0.6) is 0 Å². The van der Waals surface area contributed by atoms with Gasteiger partial charge in [-0.05, 0) is 85.7 Å². The van der Waals surface area contributed by atoms with E-state index in [0.717, 1.165) is 35.6 Å². The first-order chi connectivity index (χ1) is 19.4. The standard InChI is InChI=1S/C24H27NO3S.C11H8O/c1-23(2)11-9-19-18(14-23)15-24(3,4)22-20(19)8-7-17-6-5-16(13-21(17)22)10-12-25-29(26,27)28;12-8-9-5-6-10-3-1-2-4-11(10)7-9/h5-13,25H,14-15H2,1-4H3,(H,26,27,28);1-8H/b12-10+;. The molecule has 2 aliphatic rings. The summed E-state index contributed by atoms with van der Waals surface area (Å²) in [6.45, 7) is 9.19. The molecule has 0 fully saturated rings. The smallest absolute Gasteiger partial charge is 0.298 e. The summed E-state index contributed by atoms with van der Waals surface area (Å²) >= 11 is 0. The number of aldehydes is 1. The van der Waals surface area contributed by atoms with Crippen LogP contribution in [0.15, 0.2) is 96.7 Å². The van der Waals surface area contributed by atoms with Crippen LogP contribution in [0.3, 0.4) is 0 Å². The van der Waals surface area contributed by atoms with Gasteiger partial charge in [0.25, 0.3) is 0 Å². The first kappa shape index (κ1) is 28.5. The SMILES string of the molecule is CC1(C)C=CC2=C(C1)CC(C)(C)c1c2ccc2ccc(/C=C/NS(=O)(=O)O)cc12.O=Cc1ccc2ccccc2c1. The van der Waals surface area contributed by atoms with Crippen molar-refractivity contribution in [1.82, 2.24) is 4.72 Å². The predicted octanol–water partition coefficient (Wildman–Crippen LogP) is 8.28. The fourth-order valence-electron chi connectivity index (χ4n) is 6.08. The molecule has 6 heteroatoms. The summed E-state index contributed by atoms with van der Waals surface area (Å²) in [4.78, 5) is 10.5. The number of allylic oxidation sites excluding steroid dienone is 4. The minimum absolute atomic E-state index is 0.00393. The molecule has 5 nitrogen and oxygen atoms in total. The topological polar surface area (TPSA) is 83.5 Å². The fourth-order valence-corrected chi connectivity index (χ4v) is 6.32. The van der Waals surface area contributed by atoms with Crippen LogP contribution in [0.4, 0.5) is 0 Å². The second-order valence-corrected chi connectivity index (χ2v) is 13.4. The molecular weight excluding hydrogens is 530 g/mol. The third kappa shape index (κ3) is 6.34. The summed E-state index contributed by atoms with van der Waals surface area (Å²) in [6.07, 6.45) is 10.5. The Kier molecular flexibility index (Phi) is 7.49. The molecule has 0 heterocycles. The van der Waals surface area contributed by atoms with Gasteiger partial charge < -0.3 is 0 Å². The molecule has 0 saturated carbocycles. The Bertz CT molecular complexity index is 1860. The highest BCUT2D eigenvalue weighted by Gasteiger charge is 2.36. The van der Waals surface area contributed by atoms with Crippen LogP contribution in [0, 0.1) is 5.41 Å². The van der Waals surface area contributed by atoms with Crippen LogP contribution in [-0.2, 0) is 15.7 Å². The summed E-state index contributed by atoms with van der Waals surface area (Å²) in [5.41, 5.74) is 7.33. The number of hydrogen-bond acceptors (Lipinski definition) is 3. The van der Waals surface area contributed by atoms with Gasteiger partial charge >= 0.3 is 10.3 Å². The zero-order chi connectivity index (χ0) is 29.4. The maximum atomic E-state index is 10.9. The van der Waals surface area contributed by atoms with E-state index in [-0.39, 0.29) is 10.8 Å². The molecule has 0 aliphatic heterocycles. The Labute approximate surface area is 242 Å². The van der Waals surface area contributed by atoms with Crippen molar-refractivity contribution in [2.24, 2.45) is 5.41 Å². The number of hydrogen-bond donors (Lipinski definition) is 2. The van der Waals surface area contributed by atoms with Crippen molar-refractivity contribution in [3.05, 3.63) is 119 Å². The quantitative estimate of drug-likeness (QED) is 0.193. The summed E-state index contributed by atoms with van der Waals surface area (Å²) in [7, 11) is -4.24. The maximum absolute atomic E-state index is 10.9. The van der Waals surface area contributed by atoms with Gasteiger partial charge in [0.2, 0.25) is 0 Å². The summed E-state index contributed by atoms with van der Waals surface area (Å²) < 4.78 is 32.6. The van der Waals surface area contributed by atoms with Gasteiger partial charge in [0.05, 0.1) is 0 Å². The monoisotopic (exact) mass is 565 g/mol. The van der Waals surface area contributed by atoms with Gasteiger partial charge in [-0.15, -0.1) is 0 Å². The first-order valence-electron chi connectivity index (χ1n) is 13.7. The molecule has 0 saturated heterocycles. The van der Waals surface area contributed by atoms with Gasteiger partial charge in [-0.1, -0.05) is 106 Å². The van der Waals surface area contributed by atoms with Crippen molar-refractivity contribution >= 4 is 49.8 Å². The third-order valence-corrected chi connectivity index (χ3v) is 8.26. The molecule has 41 heavy (non-hydrogen) atoms. The van der Waals surface area contributed by atoms with Crippen LogP contribution in [0.1, 0.15) is 67.6 Å². The molecule has 210 valence electrons. The molecule has 0 spiro atoms. The Hall–Kier alpha value is -4.00. The molecule has 2 aliphatic carbocycles. The highest BCUT2D eigenvalue weighted by Crippen LogP contribution is 2.51. The number of carbonyl (C=O) groups is 1. The largest absolute Gasteiger partial charge is 0.357 e. The lowest BCUT2D eigenvalue weighted by Crippen LogP contribution is -2.27. The Morgan fingerprint density at radius 1 is 0.829 bits per heavy atom. The molecule has 0 amide bonds. The first-order valence-corrected chi connectivity index (χ1v) is 15.1. The van der Waals surface area contributed by atoms with E-state index in [9.17, 15) is 13.2 Å². The molecular formula is C35H35NO4S. The molecule has 4 aromatic carbocycles. The Morgan fingerprint density at radius 2 is 1.51 bits per heavy atom. The molecule has 0 radical (unpaired) electrons. The van der Waals surface area contributed by atoms with E-state index in [4.69, 9.17) is 4.55 Å². The lowest BCUT2D eigenvalue weighted by molar-refractivity contribution is 0.112. The zero-order valence-corrected chi connectivity index (χ0v) is 24.6. The minimum Gasteiger partial charge on any atom is -0.298 e. The Balaban J connectivity index is 0.000000234. The van der Waals surface area contributed by atoms with Crippen molar-refractivity contribution in [2.45, 2.75) is 46.0 Å². The highest BCUT2D eigenvalue weighted by atomic mass is 32.2. The average Bonchev–Trinajstić information content (AvgIpc) is 2.91. The molecule has 0 bridgehead atoms. The minimum atomic E-state index is -4.24. The summed E-state index contributed by atoms with van der Waals surface area (Å²) in [5.74, 6) is 0.